The Morgan fingerprint density at radius 1 is 0.808 bits per heavy atom. The standard InChI is InChI=1S/C21H20N2O2S/c22-26(24,25)16-11-9-15(10-12-16)13-14-23-21-19-7-3-1-5-17(19)18-6-2-4-8-20(18)21/h1-12,21,23H,13-14H2,(H2,22,24,25)/p+1. The average molecular weight is 365 g/mol. The van der Waals surface area contributed by atoms with Gasteiger partial charge >= 0.3 is 0 Å². The highest BCUT2D eigenvalue weighted by Crippen LogP contribution is 2.40. The zero-order valence-corrected chi connectivity index (χ0v) is 15.1. The quantitative estimate of drug-likeness (QED) is 0.727. The fourth-order valence-electron chi connectivity index (χ4n) is 3.71. The maximum atomic E-state index is 11.3. The summed E-state index contributed by atoms with van der Waals surface area (Å²) in [5.41, 5.74) is 6.47. The fourth-order valence-corrected chi connectivity index (χ4v) is 4.23. The zero-order chi connectivity index (χ0) is 18.1. The first-order valence-electron chi connectivity index (χ1n) is 8.67. The molecule has 4 rings (SSSR count). The van der Waals surface area contributed by atoms with Crippen LogP contribution in [-0.4, -0.2) is 15.0 Å². The van der Waals surface area contributed by atoms with Crippen molar-refractivity contribution in [1.82, 2.24) is 0 Å². The third-order valence-corrected chi connectivity index (χ3v) is 5.90. The summed E-state index contributed by atoms with van der Waals surface area (Å²) in [6.45, 7) is 0.919. The molecule has 1 aliphatic rings. The Labute approximate surface area is 153 Å². The van der Waals surface area contributed by atoms with Crippen LogP contribution in [0.5, 0.6) is 0 Å². The Kier molecular flexibility index (Phi) is 4.36. The topological polar surface area (TPSA) is 76.8 Å². The second kappa shape index (κ2) is 6.68. The van der Waals surface area contributed by atoms with Crippen molar-refractivity contribution in [3.63, 3.8) is 0 Å². The van der Waals surface area contributed by atoms with E-state index in [4.69, 9.17) is 5.14 Å². The summed E-state index contributed by atoms with van der Waals surface area (Å²) >= 11 is 0. The largest absolute Gasteiger partial charge is 0.336 e. The predicted octanol–water partition coefficient (Wildman–Crippen LogP) is 2.21. The van der Waals surface area contributed by atoms with Crippen LogP contribution in [0.2, 0.25) is 0 Å². The Morgan fingerprint density at radius 2 is 1.35 bits per heavy atom. The summed E-state index contributed by atoms with van der Waals surface area (Å²) < 4.78 is 22.7. The van der Waals surface area contributed by atoms with E-state index in [9.17, 15) is 8.42 Å². The van der Waals surface area contributed by atoms with Gasteiger partial charge in [0.25, 0.3) is 0 Å². The minimum atomic E-state index is -3.63. The van der Waals surface area contributed by atoms with Crippen LogP contribution < -0.4 is 10.5 Å². The first-order chi connectivity index (χ1) is 12.5. The van der Waals surface area contributed by atoms with Crippen LogP contribution in [0.25, 0.3) is 11.1 Å². The maximum absolute atomic E-state index is 11.3. The van der Waals surface area contributed by atoms with Crippen LogP contribution in [0.15, 0.2) is 77.7 Å². The van der Waals surface area contributed by atoms with Crippen molar-refractivity contribution in [2.75, 3.05) is 6.54 Å². The van der Waals surface area contributed by atoms with Gasteiger partial charge < -0.3 is 5.32 Å². The Hall–Kier alpha value is -2.47. The van der Waals surface area contributed by atoms with E-state index < -0.39 is 10.0 Å². The van der Waals surface area contributed by atoms with Gasteiger partial charge in [-0.2, -0.15) is 0 Å². The molecule has 0 bridgehead atoms. The first-order valence-corrected chi connectivity index (χ1v) is 10.2. The molecule has 1 aliphatic carbocycles. The SMILES string of the molecule is NS(=O)(=O)c1ccc(CC[NH2+]C2c3ccccc3-c3ccccc32)cc1. The molecule has 4 N–H and O–H groups in total. The van der Waals surface area contributed by atoms with Crippen LogP contribution in [-0.2, 0) is 16.4 Å². The van der Waals surface area contributed by atoms with E-state index in [2.05, 4.69) is 53.8 Å². The summed E-state index contributed by atoms with van der Waals surface area (Å²) in [4.78, 5) is 0.156. The number of benzene rings is 3. The van der Waals surface area contributed by atoms with Crippen molar-refractivity contribution in [2.24, 2.45) is 5.14 Å². The minimum Gasteiger partial charge on any atom is -0.336 e. The number of hydrogen-bond donors (Lipinski definition) is 2. The predicted molar refractivity (Wildman–Crippen MR) is 102 cm³/mol. The third-order valence-electron chi connectivity index (χ3n) is 4.97. The van der Waals surface area contributed by atoms with E-state index in [0.717, 1.165) is 18.5 Å². The molecule has 4 nitrogen and oxygen atoms in total. The molecule has 0 radical (unpaired) electrons. The molecule has 26 heavy (non-hydrogen) atoms. The van der Waals surface area contributed by atoms with Gasteiger partial charge in [-0.1, -0.05) is 60.7 Å². The molecule has 0 saturated carbocycles. The summed E-state index contributed by atoms with van der Waals surface area (Å²) in [6, 6.07) is 24.3. The summed E-state index contributed by atoms with van der Waals surface area (Å²) in [5.74, 6) is 0. The van der Waals surface area contributed by atoms with E-state index >= 15 is 0 Å². The second-order valence-electron chi connectivity index (χ2n) is 6.62. The number of primary sulfonamides is 1. The zero-order valence-electron chi connectivity index (χ0n) is 14.3. The van der Waals surface area contributed by atoms with Gasteiger partial charge in [0, 0.05) is 17.5 Å². The Bertz CT molecular complexity index is 998. The van der Waals surface area contributed by atoms with Crippen LogP contribution in [0.1, 0.15) is 22.7 Å². The Balaban J connectivity index is 1.49. The van der Waals surface area contributed by atoms with Gasteiger partial charge in [-0.25, -0.2) is 13.6 Å². The van der Waals surface area contributed by atoms with Crippen LogP contribution in [0.4, 0.5) is 0 Å². The molecule has 3 aromatic carbocycles. The summed E-state index contributed by atoms with van der Waals surface area (Å²) in [5, 5.41) is 7.51. The normalized spacial score (nSPS) is 13.4. The van der Waals surface area contributed by atoms with Crippen LogP contribution in [0, 0.1) is 0 Å². The highest BCUT2D eigenvalue weighted by atomic mass is 32.2. The molecule has 0 amide bonds. The minimum absolute atomic E-state index is 0.156. The van der Waals surface area contributed by atoms with Crippen LogP contribution >= 0.6 is 0 Å². The van der Waals surface area contributed by atoms with Gasteiger partial charge in [-0.3, -0.25) is 0 Å². The third kappa shape index (κ3) is 3.17. The molecular formula is C21H21N2O2S+. The molecule has 3 aromatic rings. The number of fused-ring (bicyclic) bond motifs is 3. The van der Waals surface area contributed by atoms with Gasteiger partial charge in [0.2, 0.25) is 10.0 Å². The average Bonchev–Trinajstić information content (AvgIpc) is 2.96. The van der Waals surface area contributed by atoms with Gasteiger partial charge in [-0.05, 0) is 28.8 Å². The maximum Gasteiger partial charge on any atom is 0.238 e. The molecule has 0 atom stereocenters. The molecule has 132 valence electrons. The molecule has 0 saturated heterocycles. The molecule has 0 aromatic heterocycles. The molecule has 5 heteroatoms. The smallest absolute Gasteiger partial charge is 0.238 e. The van der Waals surface area contributed by atoms with Crippen LogP contribution in [0.3, 0.4) is 0 Å². The van der Waals surface area contributed by atoms with Crippen molar-refractivity contribution in [3.8, 4) is 11.1 Å². The number of sulfonamides is 1. The number of hydrogen-bond acceptors (Lipinski definition) is 2. The van der Waals surface area contributed by atoms with Crippen molar-refractivity contribution >= 4 is 10.0 Å². The number of nitrogens with two attached hydrogens (primary N) is 2. The van der Waals surface area contributed by atoms with E-state index in [1.807, 2.05) is 12.1 Å². The van der Waals surface area contributed by atoms with E-state index in [1.54, 1.807) is 12.1 Å². The lowest BCUT2D eigenvalue weighted by molar-refractivity contribution is -0.686. The highest BCUT2D eigenvalue weighted by Gasteiger charge is 2.30. The summed E-state index contributed by atoms with van der Waals surface area (Å²) in [6.07, 6.45) is 0.867. The molecule has 0 heterocycles. The highest BCUT2D eigenvalue weighted by molar-refractivity contribution is 7.89. The monoisotopic (exact) mass is 365 g/mol. The van der Waals surface area contributed by atoms with Gasteiger partial charge in [-0.15, -0.1) is 0 Å². The summed E-state index contributed by atoms with van der Waals surface area (Å²) in [7, 11) is -3.63. The number of quaternary nitrogens is 1. The molecule has 0 unspecified atom stereocenters. The molecule has 0 fully saturated rings. The molecule has 0 spiro atoms. The van der Waals surface area contributed by atoms with E-state index in [-0.39, 0.29) is 4.90 Å². The second-order valence-corrected chi connectivity index (χ2v) is 8.18. The van der Waals surface area contributed by atoms with E-state index in [0.29, 0.717) is 6.04 Å². The van der Waals surface area contributed by atoms with Crippen molar-refractivity contribution < 1.29 is 13.7 Å². The van der Waals surface area contributed by atoms with Crippen molar-refractivity contribution in [2.45, 2.75) is 17.4 Å². The first kappa shape index (κ1) is 17.0. The molecule has 0 aliphatic heterocycles. The van der Waals surface area contributed by atoms with Gasteiger partial charge in [0.05, 0.1) is 11.4 Å². The van der Waals surface area contributed by atoms with Gasteiger partial charge in [0.1, 0.15) is 6.04 Å². The van der Waals surface area contributed by atoms with E-state index in [1.165, 1.54) is 22.3 Å². The lowest BCUT2D eigenvalue weighted by Crippen LogP contribution is -2.85. The van der Waals surface area contributed by atoms with Crippen molar-refractivity contribution in [3.05, 3.63) is 89.5 Å². The lowest BCUT2D eigenvalue weighted by atomic mass is 10.0. The van der Waals surface area contributed by atoms with Crippen molar-refractivity contribution in [1.29, 1.82) is 0 Å². The lowest BCUT2D eigenvalue weighted by Gasteiger charge is -2.12. The van der Waals surface area contributed by atoms with Gasteiger partial charge in [0.15, 0.2) is 0 Å². The fraction of sp³-hybridized carbons (Fsp3) is 0.143. The molecular weight excluding hydrogens is 344 g/mol. The Morgan fingerprint density at radius 3 is 1.88 bits per heavy atom. The number of rotatable bonds is 5.